The predicted octanol–water partition coefficient (Wildman–Crippen LogP) is 8.17. The molecule has 0 heterocycles. The Labute approximate surface area is 298 Å². The summed E-state index contributed by atoms with van der Waals surface area (Å²) in [4.78, 5) is 52.4. The van der Waals surface area contributed by atoms with Gasteiger partial charge in [0.25, 0.3) is 0 Å². The van der Waals surface area contributed by atoms with Gasteiger partial charge in [0, 0.05) is 0 Å². The van der Waals surface area contributed by atoms with Gasteiger partial charge < -0.3 is 24.8 Å². The molecule has 2 N–H and O–H groups in total. The Morgan fingerprint density at radius 1 is 0.569 bits per heavy atom. The summed E-state index contributed by atoms with van der Waals surface area (Å²) in [6, 6.07) is 26.1. The Morgan fingerprint density at radius 3 is 1.41 bits per heavy atom. The minimum absolute atomic E-state index is 0.0291. The molecule has 6 rings (SSSR count). The van der Waals surface area contributed by atoms with E-state index in [2.05, 4.69) is 47.0 Å². The molecule has 9 nitrogen and oxygen atoms in total. The molecule has 0 fully saturated rings. The first-order chi connectivity index (χ1) is 24.9. The van der Waals surface area contributed by atoms with Crippen molar-refractivity contribution in [3.63, 3.8) is 0 Å². The average Bonchev–Trinajstić information content (AvgIpc) is 3.72. The first-order valence-electron chi connectivity index (χ1n) is 17.9. The first-order valence-corrected chi connectivity index (χ1v) is 17.9. The van der Waals surface area contributed by atoms with Crippen molar-refractivity contribution >= 4 is 24.1 Å². The van der Waals surface area contributed by atoms with Gasteiger partial charge in [0.2, 0.25) is 0 Å². The van der Waals surface area contributed by atoms with E-state index in [1.807, 2.05) is 62.4 Å². The molecule has 2 atom stereocenters. The molecule has 0 bridgehead atoms. The fourth-order valence-electron chi connectivity index (χ4n) is 6.93. The van der Waals surface area contributed by atoms with Crippen LogP contribution < -0.4 is 10.6 Å². The summed E-state index contributed by atoms with van der Waals surface area (Å²) >= 11 is 0. The zero-order chi connectivity index (χ0) is 35.7. The Balaban J connectivity index is 1.03. The van der Waals surface area contributed by atoms with E-state index in [9.17, 15) is 19.2 Å². The molecule has 0 unspecified atom stereocenters. The van der Waals surface area contributed by atoms with Crippen LogP contribution in [0.2, 0.25) is 0 Å². The number of nitrogens with one attached hydrogen (secondary N) is 2. The van der Waals surface area contributed by atoms with Crippen molar-refractivity contribution < 1.29 is 33.4 Å². The molecule has 0 radical (unpaired) electrons. The molecule has 2 aliphatic carbocycles. The van der Waals surface area contributed by atoms with Gasteiger partial charge in [-0.15, -0.1) is 0 Å². The Bertz CT molecular complexity index is 1780. The van der Waals surface area contributed by atoms with Crippen molar-refractivity contribution in [1.82, 2.24) is 10.6 Å². The van der Waals surface area contributed by atoms with Gasteiger partial charge in [0.05, 0.1) is 0 Å². The van der Waals surface area contributed by atoms with Crippen molar-refractivity contribution in [2.24, 2.45) is 0 Å². The second-order valence-corrected chi connectivity index (χ2v) is 13.1. The van der Waals surface area contributed by atoms with Gasteiger partial charge in [0.1, 0.15) is 25.3 Å². The van der Waals surface area contributed by atoms with E-state index >= 15 is 0 Å². The SMILES string of the molecule is CCCC[C@H](NC(=O)OCc1cccc2c1Cc1ccccc1-2)C(=O)OC(=O)[C@H](CCCC)NC(=O)OCc1cccc2c1Cc1ccccc1-2. The number of carbonyl (C=O) groups excluding carboxylic acids is 4. The first kappa shape index (κ1) is 35.4. The zero-order valence-corrected chi connectivity index (χ0v) is 29.2. The maximum atomic E-state index is 13.3. The van der Waals surface area contributed by atoms with Gasteiger partial charge in [-0.05, 0) is 81.3 Å². The number of alkyl carbamates (subject to hydrolysis) is 2. The minimum Gasteiger partial charge on any atom is -0.445 e. The van der Waals surface area contributed by atoms with Gasteiger partial charge in [-0.2, -0.15) is 0 Å². The van der Waals surface area contributed by atoms with Crippen LogP contribution >= 0.6 is 0 Å². The molecule has 264 valence electrons. The highest BCUT2D eigenvalue weighted by Crippen LogP contribution is 2.39. The Hall–Kier alpha value is -5.44. The minimum atomic E-state index is -1.10. The standard InChI is InChI=1S/C42H44N2O7/c1-3-5-21-37(43-41(47)49-25-29-15-11-19-33-31-17-9-7-13-27(31)23-35(29)33)39(45)51-40(46)38(22-6-4-2)44-42(48)50-26-30-16-12-20-34-32-18-10-8-14-28(32)24-36(30)34/h7-20,37-38H,3-6,21-26H2,1-2H3,(H,43,47)(H,44,48)/t37-,38-/m0/s1. The number of carbonyl (C=O) groups is 4. The summed E-state index contributed by atoms with van der Waals surface area (Å²) < 4.78 is 16.4. The van der Waals surface area contributed by atoms with E-state index in [0.29, 0.717) is 12.8 Å². The van der Waals surface area contributed by atoms with Gasteiger partial charge in [-0.1, -0.05) is 124 Å². The molecular weight excluding hydrogens is 644 g/mol. The zero-order valence-electron chi connectivity index (χ0n) is 29.2. The molecule has 9 heteroatoms. The third kappa shape index (κ3) is 8.31. The fourth-order valence-corrected chi connectivity index (χ4v) is 6.93. The summed E-state index contributed by atoms with van der Waals surface area (Å²) in [5, 5.41) is 5.20. The lowest BCUT2D eigenvalue weighted by atomic mass is 10.0. The van der Waals surface area contributed by atoms with Gasteiger partial charge in [0.15, 0.2) is 0 Å². The third-order valence-electron chi connectivity index (χ3n) is 9.66. The molecule has 51 heavy (non-hydrogen) atoms. The van der Waals surface area contributed by atoms with Crippen molar-refractivity contribution in [3.05, 3.63) is 118 Å². The number of hydrogen-bond acceptors (Lipinski definition) is 7. The van der Waals surface area contributed by atoms with Gasteiger partial charge in [-0.3, -0.25) is 0 Å². The number of unbranched alkanes of at least 4 members (excludes halogenated alkanes) is 2. The summed E-state index contributed by atoms with van der Waals surface area (Å²) in [5.74, 6) is -1.81. The lowest BCUT2D eigenvalue weighted by Crippen LogP contribution is -2.47. The lowest BCUT2D eigenvalue weighted by Gasteiger charge is -2.20. The van der Waals surface area contributed by atoms with Crippen LogP contribution in [0.3, 0.4) is 0 Å². The van der Waals surface area contributed by atoms with Crippen LogP contribution in [0.25, 0.3) is 22.3 Å². The monoisotopic (exact) mass is 688 g/mol. The number of ether oxygens (including phenoxy) is 3. The number of esters is 2. The second kappa shape index (κ2) is 16.5. The lowest BCUT2D eigenvalue weighted by molar-refractivity contribution is -0.162. The van der Waals surface area contributed by atoms with E-state index in [0.717, 1.165) is 59.1 Å². The smallest absolute Gasteiger partial charge is 0.408 e. The largest absolute Gasteiger partial charge is 0.445 e. The molecule has 0 saturated heterocycles. The Kier molecular flexibility index (Phi) is 11.5. The maximum Gasteiger partial charge on any atom is 0.408 e. The summed E-state index contributed by atoms with van der Waals surface area (Å²) in [6.45, 7) is 3.97. The van der Waals surface area contributed by atoms with Crippen molar-refractivity contribution in [1.29, 1.82) is 0 Å². The van der Waals surface area contributed by atoms with Crippen LogP contribution in [0, 0.1) is 0 Å². The number of hydrogen-bond donors (Lipinski definition) is 2. The Morgan fingerprint density at radius 2 is 0.980 bits per heavy atom. The number of benzene rings is 4. The molecule has 4 aromatic carbocycles. The van der Waals surface area contributed by atoms with E-state index in [-0.39, 0.29) is 26.1 Å². The molecular formula is C42H44N2O7. The van der Waals surface area contributed by atoms with E-state index in [1.165, 1.54) is 22.3 Å². The van der Waals surface area contributed by atoms with Crippen LogP contribution in [0.1, 0.15) is 85.8 Å². The highest BCUT2D eigenvalue weighted by Gasteiger charge is 2.30. The normalized spacial score (nSPS) is 13.1. The third-order valence-corrected chi connectivity index (χ3v) is 9.66. The highest BCUT2D eigenvalue weighted by atomic mass is 16.6. The number of fused-ring (bicyclic) bond motifs is 6. The highest BCUT2D eigenvalue weighted by molar-refractivity contribution is 5.93. The summed E-state index contributed by atoms with van der Waals surface area (Å²) in [5.41, 5.74) is 11.1. The summed E-state index contributed by atoms with van der Waals surface area (Å²) in [7, 11) is 0. The van der Waals surface area contributed by atoms with Crippen LogP contribution in [-0.4, -0.2) is 36.2 Å². The predicted molar refractivity (Wildman–Crippen MR) is 194 cm³/mol. The molecule has 0 spiro atoms. The maximum absolute atomic E-state index is 13.3. The van der Waals surface area contributed by atoms with Crippen LogP contribution in [0.15, 0.2) is 84.9 Å². The van der Waals surface area contributed by atoms with Crippen molar-refractivity contribution in [2.45, 2.75) is 90.5 Å². The molecule has 0 aromatic heterocycles. The molecule has 2 aliphatic rings. The van der Waals surface area contributed by atoms with Crippen LogP contribution in [-0.2, 0) is 49.9 Å². The molecule has 4 aromatic rings. The fraction of sp³-hybridized carbons (Fsp3) is 0.333. The number of rotatable bonds is 14. The van der Waals surface area contributed by atoms with E-state index in [1.54, 1.807) is 0 Å². The van der Waals surface area contributed by atoms with Crippen molar-refractivity contribution in [3.8, 4) is 22.3 Å². The quantitative estimate of drug-likeness (QED) is 0.0673. The van der Waals surface area contributed by atoms with Crippen molar-refractivity contribution in [2.75, 3.05) is 0 Å². The summed E-state index contributed by atoms with van der Waals surface area (Å²) in [6.07, 6.45) is 3.19. The van der Waals surface area contributed by atoms with Crippen LogP contribution in [0.4, 0.5) is 9.59 Å². The van der Waals surface area contributed by atoms with E-state index in [4.69, 9.17) is 14.2 Å². The van der Waals surface area contributed by atoms with Crippen LogP contribution in [0.5, 0.6) is 0 Å². The van der Waals surface area contributed by atoms with Gasteiger partial charge in [-0.25, -0.2) is 19.2 Å². The molecule has 2 amide bonds. The average molecular weight is 689 g/mol. The number of amides is 2. The van der Waals surface area contributed by atoms with E-state index < -0.39 is 36.2 Å². The second-order valence-electron chi connectivity index (χ2n) is 13.1. The topological polar surface area (TPSA) is 120 Å². The van der Waals surface area contributed by atoms with Gasteiger partial charge >= 0.3 is 24.1 Å². The molecule has 0 aliphatic heterocycles. The molecule has 0 saturated carbocycles.